The van der Waals surface area contributed by atoms with Crippen LogP contribution in [-0.4, -0.2) is 0 Å². The molecule has 0 aromatic heterocycles. The van der Waals surface area contributed by atoms with E-state index in [4.69, 9.17) is 5.26 Å². The summed E-state index contributed by atoms with van der Waals surface area (Å²) >= 11 is 0. The van der Waals surface area contributed by atoms with E-state index in [0.29, 0.717) is 0 Å². The van der Waals surface area contributed by atoms with E-state index < -0.39 is 0 Å². The zero-order valence-corrected chi connectivity index (χ0v) is 8.50. The van der Waals surface area contributed by atoms with Crippen LogP contribution in [0.25, 0.3) is 0 Å². The third kappa shape index (κ3) is 3.62. The molecule has 0 bridgehead atoms. The first kappa shape index (κ1) is 10.8. The first-order chi connectivity index (χ1) is 6.86. The van der Waals surface area contributed by atoms with E-state index >= 15 is 0 Å². The van der Waals surface area contributed by atoms with Crippen molar-refractivity contribution < 1.29 is 0 Å². The lowest BCUT2D eigenvalue weighted by atomic mass is 10.1. The smallest absolute Gasteiger partial charge is 0.0991 e. The molecule has 0 heterocycles. The van der Waals surface area contributed by atoms with Gasteiger partial charge in [0.05, 0.1) is 11.6 Å². The Labute approximate surface area is 86.4 Å². The van der Waals surface area contributed by atoms with Crippen LogP contribution in [0.4, 0.5) is 0 Å². The van der Waals surface area contributed by atoms with Gasteiger partial charge >= 0.3 is 0 Å². The van der Waals surface area contributed by atoms with Crippen LogP contribution in [0.3, 0.4) is 0 Å². The number of hydrogen-bond acceptors (Lipinski definition) is 1. The van der Waals surface area contributed by atoms with E-state index in [9.17, 15) is 0 Å². The van der Waals surface area contributed by atoms with Crippen molar-refractivity contribution >= 4 is 0 Å². The van der Waals surface area contributed by atoms with Gasteiger partial charge in [0.15, 0.2) is 0 Å². The number of benzene rings is 1. The molecule has 0 saturated carbocycles. The molecule has 14 heavy (non-hydrogen) atoms. The van der Waals surface area contributed by atoms with Crippen LogP contribution >= 0.6 is 0 Å². The summed E-state index contributed by atoms with van der Waals surface area (Å²) in [5.74, 6) is 0. The molecule has 1 radical (unpaired) electrons. The summed E-state index contributed by atoms with van der Waals surface area (Å²) in [4.78, 5) is 0. The van der Waals surface area contributed by atoms with Crippen molar-refractivity contribution in [3.8, 4) is 6.07 Å². The first-order valence-electron chi connectivity index (χ1n) is 5.15. The molecule has 73 valence electrons. The van der Waals surface area contributed by atoms with Gasteiger partial charge in [0.25, 0.3) is 0 Å². The second-order valence-electron chi connectivity index (χ2n) is 3.47. The summed E-state index contributed by atoms with van der Waals surface area (Å²) in [7, 11) is 0. The molecule has 0 N–H and O–H groups in total. The van der Waals surface area contributed by atoms with Crippen molar-refractivity contribution in [1.29, 1.82) is 5.26 Å². The number of unbranched alkanes of at least 4 members (excludes halogenated alkanes) is 3. The molecule has 1 rings (SSSR count). The van der Waals surface area contributed by atoms with Crippen molar-refractivity contribution in [2.24, 2.45) is 0 Å². The van der Waals surface area contributed by atoms with Crippen molar-refractivity contribution in [2.75, 3.05) is 0 Å². The fraction of sp³-hybridized carbons (Fsp3) is 0.385. The van der Waals surface area contributed by atoms with E-state index in [1.165, 1.54) is 24.8 Å². The zero-order valence-electron chi connectivity index (χ0n) is 8.50. The van der Waals surface area contributed by atoms with Gasteiger partial charge in [-0.25, -0.2) is 0 Å². The van der Waals surface area contributed by atoms with Gasteiger partial charge in [-0.3, -0.25) is 0 Å². The standard InChI is InChI=1S/C13H16N/c1-2-3-4-5-6-12-7-9-13(11-14)10-8-12/h7-10H,1-6H2. The molecule has 0 unspecified atom stereocenters. The molecule has 0 aliphatic heterocycles. The molecule has 0 atom stereocenters. The maximum absolute atomic E-state index is 8.62. The van der Waals surface area contributed by atoms with E-state index in [1.807, 2.05) is 24.3 Å². The first-order valence-corrected chi connectivity index (χ1v) is 5.15. The third-order valence-electron chi connectivity index (χ3n) is 2.30. The second-order valence-corrected chi connectivity index (χ2v) is 3.47. The molecule has 0 aliphatic carbocycles. The molecule has 0 amide bonds. The fourth-order valence-electron chi connectivity index (χ4n) is 1.43. The van der Waals surface area contributed by atoms with Crippen molar-refractivity contribution in [1.82, 2.24) is 0 Å². The number of nitrogens with zero attached hydrogens (tertiary/aromatic N) is 1. The molecule has 0 aliphatic rings. The Morgan fingerprint density at radius 2 is 1.79 bits per heavy atom. The SMILES string of the molecule is [CH2]CCCCCc1ccc(C#N)cc1. The summed E-state index contributed by atoms with van der Waals surface area (Å²) in [6.07, 6.45) is 5.85. The highest BCUT2D eigenvalue weighted by molar-refractivity contribution is 5.31. The van der Waals surface area contributed by atoms with E-state index in [2.05, 4.69) is 13.0 Å². The minimum atomic E-state index is 0.742. The van der Waals surface area contributed by atoms with E-state index in [1.54, 1.807) is 0 Å². The van der Waals surface area contributed by atoms with Gasteiger partial charge in [-0.05, 0) is 30.5 Å². The summed E-state index contributed by atoms with van der Waals surface area (Å²) in [5.41, 5.74) is 2.07. The van der Waals surface area contributed by atoms with Crippen molar-refractivity contribution in [3.05, 3.63) is 42.3 Å². The summed E-state index contributed by atoms with van der Waals surface area (Å²) in [5, 5.41) is 8.62. The third-order valence-corrected chi connectivity index (χ3v) is 2.30. The lowest BCUT2D eigenvalue weighted by Gasteiger charge is -2.00. The highest BCUT2D eigenvalue weighted by atomic mass is 14.2. The topological polar surface area (TPSA) is 23.8 Å². The Morgan fingerprint density at radius 3 is 2.36 bits per heavy atom. The minimum Gasteiger partial charge on any atom is -0.192 e. The summed E-state index contributed by atoms with van der Waals surface area (Å²) < 4.78 is 0. The van der Waals surface area contributed by atoms with Gasteiger partial charge in [-0.15, -0.1) is 0 Å². The quantitative estimate of drug-likeness (QED) is 0.646. The highest BCUT2D eigenvalue weighted by Gasteiger charge is 1.94. The monoisotopic (exact) mass is 186 g/mol. The predicted octanol–water partition coefficient (Wildman–Crippen LogP) is 3.50. The largest absolute Gasteiger partial charge is 0.192 e. The Kier molecular flexibility index (Phi) is 4.78. The molecule has 0 saturated heterocycles. The average molecular weight is 186 g/mol. The summed E-state index contributed by atoms with van der Waals surface area (Å²) in [6, 6.07) is 9.98. The second kappa shape index (κ2) is 6.21. The molecule has 1 nitrogen and oxygen atoms in total. The maximum atomic E-state index is 8.62. The molecule has 0 fully saturated rings. The van der Waals surface area contributed by atoms with Crippen LogP contribution in [0.1, 0.15) is 36.8 Å². The highest BCUT2D eigenvalue weighted by Crippen LogP contribution is 2.08. The fourth-order valence-corrected chi connectivity index (χ4v) is 1.43. The molecule has 1 heteroatoms. The van der Waals surface area contributed by atoms with Gasteiger partial charge in [-0.1, -0.05) is 38.3 Å². The molecule has 1 aromatic rings. The van der Waals surface area contributed by atoms with Gasteiger partial charge < -0.3 is 0 Å². The Bertz CT molecular complexity index is 292. The number of aryl methyl sites for hydroxylation is 1. The number of nitriles is 1. The van der Waals surface area contributed by atoms with Crippen LogP contribution in [0.5, 0.6) is 0 Å². The number of hydrogen-bond donors (Lipinski definition) is 0. The normalized spacial score (nSPS) is 9.71. The Balaban J connectivity index is 2.33. The van der Waals surface area contributed by atoms with Gasteiger partial charge in [0.2, 0.25) is 0 Å². The molecular formula is C13H16N. The van der Waals surface area contributed by atoms with Gasteiger partial charge in [-0.2, -0.15) is 5.26 Å². The van der Waals surface area contributed by atoms with Crippen LogP contribution < -0.4 is 0 Å². The summed E-state index contributed by atoms with van der Waals surface area (Å²) in [6.45, 7) is 3.82. The predicted molar refractivity (Wildman–Crippen MR) is 58.7 cm³/mol. The van der Waals surface area contributed by atoms with Gasteiger partial charge in [0, 0.05) is 0 Å². The molecular weight excluding hydrogens is 170 g/mol. The van der Waals surface area contributed by atoms with Crippen molar-refractivity contribution in [2.45, 2.75) is 32.1 Å². The molecule has 0 spiro atoms. The van der Waals surface area contributed by atoms with Crippen LogP contribution in [0, 0.1) is 18.3 Å². The Hall–Kier alpha value is -1.29. The van der Waals surface area contributed by atoms with Crippen molar-refractivity contribution in [3.63, 3.8) is 0 Å². The zero-order chi connectivity index (χ0) is 10.2. The van der Waals surface area contributed by atoms with Crippen LogP contribution in [0.15, 0.2) is 24.3 Å². The van der Waals surface area contributed by atoms with Crippen LogP contribution in [-0.2, 0) is 6.42 Å². The Morgan fingerprint density at radius 1 is 1.07 bits per heavy atom. The van der Waals surface area contributed by atoms with Crippen LogP contribution in [0.2, 0.25) is 0 Å². The van der Waals surface area contributed by atoms with E-state index in [-0.39, 0.29) is 0 Å². The van der Waals surface area contributed by atoms with Gasteiger partial charge in [0.1, 0.15) is 0 Å². The maximum Gasteiger partial charge on any atom is 0.0991 e. The molecule has 1 aromatic carbocycles. The lowest BCUT2D eigenvalue weighted by Crippen LogP contribution is -1.86. The minimum absolute atomic E-state index is 0.742. The number of rotatable bonds is 5. The average Bonchev–Trinajstić information content (AvgIpc) is 2.25. The lowest BCUT2D eigenvalue weighted by molar-refractivity contribution is 0.686. The van der Waals surface area contributed by atoms with E-state index in [0.717, 1.165) is 18.4 Å².